The Kier molecular flexibility index (Phi) is 5.41. The first kappa shape index (κ1) is 17.3. The van der Waals surface area contributed by atoms with Crippen LogP contribution >= 0.6 is 0 Å². The van der Waals surface area contributed by atoms with E-state index < -0.39 is 29.5 Å². The smallest absolute Gasteiger partial charge is 0.270 e. The van der Waals surface area contributed by atoms with Gasteiger partial charge in [-0.25, -0.2) is 13.8 Å². The van der Waals surface area contributed by atoms with Crippen LogP contribution < -0.4 is 15.8 Å². The van der Waals surface area contributed by atoms with Gasteiger partial charge in [0.05, 0.1) is 6.20 Å². The van der Waals surface area contributed by atoms with E-state index in [0.29, 0.717) is 11.3 Å². The lowest BCUT2D eigenvalue weighted by molar-refractivity contribution is -0.119. The summed E-state index contributed by atoms with van der Waals surface area (Å²) in [5.41, 5.74) is 5.59. The molecule has 2 aromatic rings. The molecule has 8 heteroatoms. The number of carbonyl (C=O) groups excluding carboxylic acids is 2. The van der Waals surface area contributed by atoms with Gasteiger partial charge in [0.25, 0.3) is 5.91 Å². The predicted octanol–water partition coefficient (Wildman–Crippen LogP) is 1.54. The van der Waals surface area contributed by atoms with E-state index in [0.717, 1.165) is 12.1 Å². The first-order valence-corrected chi connectivity index (χ1v) is 7.00. The van der Waals surface area contributed by atoms with Gasteiger partial charge in [0.15, 0.2) is 11.6 Å². The molecule has 1 heterocycles. The number of rotatable bonds is 6. The molecule has 0 saturated heterocycles. The topological polar surface area (TPSA) is 94.3 Å². The highest BCUT2D eigenvalue weighted by atomic mass is 19.2. The second-order valence-corrected chi connectivity index (χ2v) is 5.01. The number of nitrogens with zero attached hydrogens (tertiary/aromatic N) is 1. The first-order chi connectivity index (χ1) is 11.4. The van der Waals surface area contributed by atoms with E-state index in [4.69, 9.17) is 10.5 Å². The normalized spacial score (nSPS) is 11.6. The highest BCUT2D eigenvalue weighted by molar-refractivity contribution is 5.95. The molecule has 0 fully saturated rings. The van der Waals surface area contributed by atoms with Crippen molar-refractivity contribution < 1.29 is 23.1 Å². The zero-order valence-corrected chi connectivity index (χ0v) is 12.8. The highest BCUT2D eigenvalue weighted by Gasteiger charge is 2.14. The molecule has 1 aromatic heterocycles. The van der Waals surface area contributed by atoms with Crippen molar-refractivity contribution >= 4 is 11.8 Å². The lowest BCUT2D eigenvalue weighted by Crippen LogP contribution is -2.42. The number of primary amides is 1. The molecule has 126 valence electrons. The number of carbonyl (C=O) groups is 2. The van der Waals surface area contributed by atoms with Crippen molar-refractivity contribution in [2.45, 2.75) is 19.6 Å². The second kappa shape index (κ2) is 7.49. The Hall–Kier alpha value is -3.03. The fourth-order valence-corrected chi connectivity index (χ4v) is 1.74. The van der Waals surface area contributed by atoms with E-state index in [9.17, 15) is 18.4 Å². The monoisotopic (exact) mass is 335 g/mol. The summed E-state index contributed by atoms with van der Waals surface area (Å²) < 4.78 is 31.3. The van der Waals surface area contributed by atoms with Crippen molar-refractivity contribution in [3.63, 3.8) is 0 Å². The molecule has 24 heavy (non-hydrogen) atoms. The average Bonchev–Trinajstić information content (AvgIpc) is 2.56. The zero-order chi connectivity index (χ0) is 17.7. The Morgan fingerprint density at radius 3 is 2.58 bits per heavy atom. The molecule has 0 saturated carbocycles. The number of hydrogen-bond donors (Lipinski definition) is 2. The summed E-state index contributed by atoms with van der Waals surface area (Å²) in [5.74, 6) is -2.74. The van der Waals surface area contributed by atoms with Crippen LogP contribution in [-0.2, 0) is 11.4 Å². The molecule has 3 N–H and O–H groups in total. The Morgan fingerprint density at radius 2 is 2.00 bits per heavy atom. The molecule has 1 atom stereocenters. The van der Waals surface area contributed by atoms with Gasteiger partial charge in [0, 0.05) is 0 Å². The van der Waals surface area contributed by atoms with Gasteiger partial charge in [-0.2, -0.15) is 0 Å². The highest BCUT2D eigenvalue weighted by Crippen LogP contribution is 2.14. The third kappa shape index (κ3) is 4.48. The van der Waals surface area contributed by atoms with Gasteiger partial charge in [0.2, 0.25) is 5.91 Å². The third-order valence-corrected chi connectivity index (χ3v) is 3.13. The number of nitrogens with one attached hydrogen (secondary N) is 1. The minimum Gasteiger partial charge on any atom is -0.487 e. The van der Waals surface area contributed by atoms with E-state index >= 15 is 0 Å². The molecule has 0 aliphatic carbocycles. The Morgan fingerprint density at radius 1 is 1.25 bits per heavy atom. The van der Waals surface area contributed by atoms with Gasteiger partial charge in [-0.05, 0) is 36.8 Å². The van der Waals surface area contributed by atoms with E-state index in [1.807, 2.05) is 0 Å². The number of amides is 2. The molecular formula is C16H15F2N3O3. The summed E-state index contributed by atoms with van der Waals surface area (Å²) >= 11 is 0. The minimum atomic E-state index is -0.954. The van der Waals surface area contributed by atoms with Gasteiger partial charge in [0.1, 0.15) is 24.1 Å². The maximum atomic E-state index is 13.1. The molecule has 0 bridgehead atoms. The van der Waals surface area contributed by atoms with Gasteiger partial charge in [-0.15, -0.1) is 0 Å². The maximum Gasteiger partial charge on any atom is 0.270 e. The van der Waals surface area contributed by atoms with Crippen LogP contribution in [0, 0.1) is 11.6 Å². The van der Waals surface area contributed by atoms with Crippen molar-refractivity contribution in [2.75, 3.05) is 0 Å². The molecule has 6 nitrogen and oxygen atoms in total. The van der Waals surface area contributed by atoms with Gasteiger partial charge in [-0.3, -0.25) is 9.59 Å². The zero-order valence-electron chi connectivity index (χ0n) is 12.8. The van der Waals surface area contributed by atoms with Crippen molar-refractivity contribution in [3.8, 4) is 5.75 Å². The van der Waals surface area contributed by atoms with Crippen LogP contribution in [0.4, 0.5) is 8.78 Å². The molecule has 0 spiro atoms. The van der Waals surface area contributed by atoms with Crippen LogP contribution in [0.2, 0.25) is 0 Å². The number of pyridine rings is 1. The number of hydrogen-bond acceptors (Lipinski definition) is 4. The van der Waals surface area contributed by atoms with Crippen molar-refractivity contribution in [1.29, 1.82) is 0 Å². The summed E-state index contributed by atoms with van der Waals surface area (Å²) in [4.78, 5) is 26.6. The van der Waals surface area contributed by atoms with Crippen LogP contribution in [0.5, 0.6) is 5.75 Å². The maximum absolute atomic E-state index is 13.1. The third-order valence-electron chi connectivity index (χ3n) is 3.13. The number of benzene rings is 1. The molecule has 0 radical (unpaired) electrons. The minimum absolute atomic E-state index is 0.0170. The Bertz CT molecular complexity index is 751. The standard InChI is InChI=1S/C16H15F2N3O3/c1-9(15(19)22)21-16(23)14-5-3-11(7-20-14)24-8-10-2-4-12(17)13(18)6-10/h2-7,9H,8H2,1H3,(H2,19,22)(H,21,23)/t9-/m0/s1. The van der Waals surface area contributed by atoms with Gasteiger partial charge >= 0.3 is 0 Å². The summed E-state index contributed by atoms with van der Waals surface area (Å²) in [6.45, 7) is 1.47. The van der Waals surface area contributed by atoms with E-state index in [-0.39, 0.29) is 12.3 Å². The van der Waals surface area contributed by atoms with Crippen LogP contribution in [0.3, 0.4) is 0 Å². The largest absolute Gasteiger partial charge is 0.487 e. The molecule has 2 amide bonds. The number of nitrogens with two attached hydrogens (primary N) is 1. The van der Waals surface area contributed by atoms with E-state index in [1.54, 1.807) is 0 Å². The predicted molar refractivity (Wildman–Crippen MR) is 81.0 cm³/mol. The van der Waals surface area contributed by atoms with Crippen LogP contribution in [0.1, 0.15) is 23.0 Å². The van der Waals surface area contributed by atoms with E-state index in [2.05, 4.69) is 10.3 Å². The fourth-order valence-electron chi connectivity index (χ4n) is 1.74. The second-order valence-electron chi connectivity index (χ2n) is 5.01. The lowest BCUT2D eigenvalue weighted by atomic mass is 10.2. The summed E-state index contributed by atoms with van der Waals surface area (Å²) in [6, 6.07) is 5.54. The number of ether oxygens (including phenoxy) is 1. The fraction of sp³-hybridized carbons (Fsp3) is 0.188. The molecule has 2 rings (SSSR count). The number of aromatic nitrogens is 1. The quantitative estimate of drug-likeness (QED) is 0.837. The Labute approximate surface area is 136 Å². The molecule has 1 aromatic carbocycles. The molecule has 0 aliphatic rings. The first-order valence-electron chi connectivity index (χ1n) is 7.00. The summed E-state index contributed by atoms with van der Waals surface area (Å²) in [5, 5.41) is 2.39. The molecule has 0 aliphatic heterocycles. The Balaban J connectivity index is 1.95. The van der Waals surface area contributed by atoms with Gasteiger partial charge in [-0.1, -0.05) is 6.07 Å². The van der Waals surface area contributed by atoms with Gasteiger partial charge < -0.3 is 15.8 Å². The van der Waals surface area contributed by atoms with Crippen LogP contribution in [-0.4, -0.2) is 22.8 Å². The van der Waals surface area contributed by atoms with Crippen molar-refractivity contribution in [3.05, 3.63) is 59.4 Å². The van der Waals surface area contributed by atoms with E-state index in [1.165, 1.54) is 31.3 Å². The van der Waals surface area contributed by atoms with Crippen LogP contribution in [0.15, 0.2) is 36.5 Å². The number of halogens is 2. The average molecular weight is 335 g/mol. The summed E-state index contributed by atoms with van der Waals surface area (Å²) in [7, 11) is 0. The van der Waals surface area contributed by atoms with Crippen LogP contribution in [0.25, 0.3) is 0 Å². The van der Waals surface area contributed by atoms with Crippen molar-refractivity contribution in [2.24, 2.45) is 5.73 Å². The summed E-state index contributed by atoms with van der Waals surface area (Å²) in [6.07, 6.45) is 1.31. The lowest BCUT2D eigenvalue weighted by Gasteiger charge is -2.10. The SMILES string of the molecule is C[C@H](NC(=O)c1ccc(OCc2ccc(F)c(F)c2)cn1)C(N)=O. The molecule has 0 unspecified atom stereocenters. The molecular weight excluding hydrogens is 320 g/mol. The van der Waals surface area contributed by atoms with Crippen molar-refractivity contribution in [1.82, 2.24) is 10.3 Å².